The normalized spacial score (nSPS) is 18.5. The summed E-state index contributed by atoms with van der Waals surface area (Å²) in [6.45, 7) is 4.93. The Kier molecular flexibility index (Phi) is 7.30. The van der Waals surface area contributed by atoms with Crippen molar-refractivity contribution in [2.24, 2.45) is 16.6 Å². The topological polar surface area (TPSA) is 53.6 Å². The Bertz CT molecular complexity index is 222. The van der Waals surface area contributed by atoms with Crippen LogP contribution in [0.2, 0.25) is 0 Å². The monoisotopic (exact) mass is 340 g/mol. The fourth-order valence-electron chi connectivity index (χ4n) is 1.75. The number of hydrogen-bond acceptors (Lipinski definition) is 2. The Morgan fingerprint density at radius 1 is 1.44 bits per heavy atom. The Morgan fingerprint density at radius 2 is 2.00 bits per heavy atom. The lowest BCUT2D eigenvalue weighted by Crippen LogP contribution is -2.39. The average molecular weight is 340 g/mol. The lowest BCUT2D eigenvalue weighted by Gasteiger charge is -2.22. The van der Waals surface area contributed by atoms with Gasteiger partial charge in [0.15, 0.2) is 5.96 Å². The molecule has 1 aliphatic rings. The minimum Gasteiger partial charge on any atom is -0.370 e. The largest absolute Gasteiger partial charge is 0.370 e. The van der Waals surface area contributed by atoms with Gasteiger partial charge in [0.2, 0.25) is 0 Å². The number of guanidine groups is 1. The summed E-state index contributed by atoms with van der Waals surface area (Å²) >= 11 is 0. The first-order valence-corrected chi connectivity index (χ1v) is 5.73. The van der Waals surface area contributed by atoms with Crippen molar-refractivity contribution in [3.8, 4) is 0 Å². The minimum atomic E-state index is 0. The molecule has 0 bridgehead atoms. The fraction of sp³-hybridized carbons (Fsp3) is 0.909. The van der Waals surface area contributed by atoms with Crippen LogP contribution in [-0.2, 0) is 0 Å². The summed E-state index contributed by atoms with van der Waals surface area (Å²) in [6.07, 6.45) is 2.69. The van der Waals surface area contributed by atoms with Gasteiger partial charge in [-0.15, -0.1) is 24.0 Å². The second kappa shape index (κ2) is 7.32. The highest BCUT2D eigenvalue weighted by molar-refractivity contribution is 14.0. The van der Waals surface area contributed by atoms with Gasteiger partial charge in [0.25, 0.3) is 0 Å². The molecule has 0 aromatic heterocycles. The quantitative estimate of drug-likeness (QED) is 0.450. The van der Waals surface area contributed by atoms with E-state index in [1.54, 1.807) is 0 Å². The lowest BCUT2D eigenvalue weighted by atomic mass is 10.2. The second-order valence-corrected chi connectivity index (χ2v) is 4.89. The van der Waals surface area contributed by atoms with Gasteiger partial charge in [-0.05, 0) is 46.7 Å². The maximum atomic E-state index is 5.76. The molecular weight excluding hydrogens is 315 g/mol. The number of rotatable bonds is 5. The van der Waals surface area contributed by atoms with E-state index >= 15 is 0 Å². The van der Waals surface area contributed by atoms with Gasteiger partial charge in [-0.3, -0.25) is 4.99 Å². The Hall–Kier alpha value is -0.0400. The van der Waals surface area contributed by atoms with Gasteiger partial charge in [0.1, 0.15) is 0 Å². The van der Waals surface area contributed by atoms with Crippen LogP contribution in [0.1, 0.15) is 26.7 Å². The summed E-state index contributed by atoms with van der Waals surface area (Å²) in [5.74, 6) is 1.40. The first kappa shape index (κ1) is 16.0. The first-order chi connectivity index (χ1) is 7.00. The predicted molar refractivity (Wildman–Crippen MR) is 80.4 cm³/mol. The van der Waals surface area contributed by atoms with Gasteiger partial charge in [0.05, 0.1) is 6.54 Å². The molecule has 0 radical (unpaired) electrons. The van der Waals surface area contributed by atoms with Gasteiger partial charge < -0.3 is 16.0 Å². The molecule has 1 atom stereocenters. The van der Waals surface area contributed by atoms with Crippen LogP contribution in [0.25, 0.3) is 0 Å². The number of nitrogens with zero attached hydrogens (tertiary/aromatic N) is 2. The molecule has 0 aliphatic heterocycles. The van der Waals surface area contributed by atoms with E-state index < -0.39 is 0 Å². The van der Waals surface area contributed by atoms with Crippen LogP contribution in [0.3, 0.4) is 0 Å². The van der Waals surface area contributed by atoms with Crippen molar-refractivity contribution in [1.82, 2.24) is 10.2 Å². The molecule has 3 N–H and O–H groups in total. The zero-order valence-corrected chi connectivity index (χ0v) is 13.1. The molecule has 96 valence electrons. The molecule has 1 unspecified atom stereocenters. The molecular formula is C11H25IN4. The van der Waals surface area contributed by atoms with Crippen molar-refractivity contribution >= 4 is 29.9 Å². The maximum absolute atomic E-state index is 5.76. The Morgan fingerprint density at radius 3 is 2.38 bits per heavy atom. The summed E-state index contributed by atoms with van der Waals surface area (Å²) in [6, 6.07) is 0.907. The van der Waals surface area contributed by atoms with Gasteiger partial charge in [-0.2, -0.15) is 0 Å². The van der Waals surface area contributed by atoms with E-state index in [2.05, 4.69) is 43.2 Å². The van der Waals surface area contributed by atoms with E-state index in [1.807, 2.05) is 0 Å². The molecule has 4 nitrogen and oxygen atoms in total. The van der Waals surface area contributed by atoms with Crippen molar-refractivity contribution in [2.45, 2.75) is 38.8 Å². The van der Waals surface area contributed by atoms with E-state index in [0.717, 1.165) is 12.5 Å². The third-order valence-corrected chi connectivity index (χ3v) is 2.71. The number of halogens is 1. The zero-order chi connectivity index (χ0) is 11.4. The predicted octanol–water partition coefficient (Wildman–Crippen LogP) is 1.26. The molecule has 0 aromatic rings. The lowest BCUT2D eigenvalue weighted by molar-refractivity contribution is 0.271. The molecule has 0 saturated heterocycles. The number of aliphatic imine (C=N–C) groups is 1. The van der Waals surface area contributed by atoms with E-state index in [9.17, 15) is 0 Å². The van der Waals surface area contributed by atoms with E-state index in [-0.39, 0.29) is 24.0 Å². The molecule has 1 fully saturated rings. The summed E-state index contributed by atoms with van der Waals surface area (Å²) in [5.41, 5.74) is 5.76. The van der Waals surface area contributed by atoms with E-state index in [4.69, 9.17) is 5.73 Å². The summed E-state index contributed by atoms with van der Waals surface area (Å²) in [5, 5.41) is 3.11. The average Bonchev–Trinajstić information content (AvgIpc) is 2.86. The highest BCUT2D eigenvalue weighted by atomic mass is 127. The molecule has 0 amide bonds. The van der Waals surface area contributed by atoms with Crippen LogP contribution in [0.5, 0.6) is 0 Å². The van der Waals surface area contributed by atoms with Gasteiger partial charge >= 0.3 is 0 Å². The van der Waals surface area contributed by atoms with Crippen molar-refractivity contribution in [1.29, 1.82) is 0 Å². The third-order valence-electron chi connectivity index (χ3n) is 2.71. The SMILES string of the molecule is CC(C)NC(N)=NCC(C1CC1)N(C)C.I. The van der Waals surface area contributed by atoms with Crippen molar-refractivity contribution < 1.29 is 0 Å². The highest BCUT2D eigenvalue weighted by Crippen LogP contribution is 2.34. The van der Waals surface area contributed by atoms with Crippen molar-refractivity contribution in [3.05, 3.63) is 0 Å². The Labute approximate surface area is 116 Å². The van der Waals surface area contributed by atoms with E-state index in [1.165, 1.54) is 12.8 Å². The van der Waals surface area contributed by atoms with E-state index in [0.29, 0.717) is 18.0 Å². The molecule has 1 saturated carbocycles. The van der Waals surface area contributed by atoms with Gasteiger partial charge in [-0.1, -0.05) is 0 Å². The molecule has 0 aromatic carbocycles. The minimum absolute atomic E-state index is 0. The standard InChI is InChI=1S/C11H24N4.HI/c1-8(2)14-11(12)13-7-10(15(3)4)9-5-6-9;/h8-10H,5-7H2,1-4H3,(H3,12,13,14);1H. The first-order valence-electron chi connectivity index (χ1n) is 5.73. The number of nitrogens with one attached hydrogen (secondary N) is 1. The fourth-order valence-corrected chi connectivity index (χ4v) is 1.75. The van der Waals surface area contributed by atoms with Gasteiger partial charge in [-0.25, -0.2) is 0 Å². The van der Waals surface area contributed by atoms with Crippen molar-refractivity contribution in [2.75, 3.05) is 20.6 Å². The van der Waals surface area contributed by atoms with Crippen LogP contribution < -0.4 is 11.1 Å². The highest BCUT2D eigenvalue weighted by Gasteiger charge is 2.32. The molecule has 0 heterocycles. The van der Waals surface area contributed by atoms with Crippen LogP contribution in [0.15, 0.2) is 4.99 Å². The second-order valence-electron chi connectivity index (χ2n) is 4.89. The summed E-state index contributed by atoms with van der Waals surface area (Å²) in [4.78, 5) is 6.64. The smallest absolute Gasteiger partial charge is 0.188 e. The molecule has 1 rings (SSSR count). The van der Waals surface area contributed by atoms with Crippen LogP contribution in [-0.4, -0.2) is 43.6 Å². The molecule has 0 spiro atoms. The van der Waals surface area contributed by atoms with Gasteiger partial charge in [0, 0.05) is 12.1 Å². The number of likely N-dealkylation sites (N-methyl/N-ethyl adjacent to an activating group) is 1. The van der Waals surface area contributed by atoms with Crippen LogP contribution in [0, 0.1) is 5.92 Å². The number of hydrogen-bond donors (Lipinski definition) is 2. The summed E-state index contributed by atoms with van der Waals surface area (Å²) in [7, 11) is 4.23. The summed E-state index contributed by atoms with van der Waals surface area (Å²) < 4.78 is 0. The zero-order valence-electron chi connectivity index (χ0n) is 10.7. The van der Waals surface area contributed by atoms with Crippen LogP contribution >= 0.6 is 24.0 Å². The Balaban J connectivity index is 0.00000225. The molecule has 1 aliphatic carbocycles. The van der Waals surface area contributed by atoms with Crippen molar-refractivity contribution in [3.63, 3.8) is 0 Å². The maximum Gasteiger partial charge on any atom is 0.188 e. The molecule has 16 heavy (non-hydrogen) atoms. The number of nitrogens with two attached hydrogens (primary N) is 1. The van der Waals surface area contributed by atoms with Crippen LogP contribution in [0.4, 0.5) is 0 Å². The third kappa shape index (κ3) is 5.89. The molecule has 5 heteroatoms.